The highest BCUT2D eigenvalue weighted by Crippen LogP contribution is 2.26. The lowest BCUT2D eigenvalue weighted by Crippen LogP contribution is -2.25. The first-order valence-corrected chi connectivity index (χ1v) is 12.5. The molecule has 1 aromatic heterocycles. The third-order valence-electron chi connectivity index (χ3n) is 4.29. The Morgan fingerprint density at radius 2 is 1.55 bits per heavy atom. The van der Waals surface area contributed by atoms with Gasteiger partial charge in [-0.15, -0.1) is 0 Å². The van der Waals surface area contributed by atoms with Gasteiger partial charge in [-0.3, -0.25) is 4.72 Å². The molecule has 0 spiro atoms. The zero-order valence-electron chi connectivity index (χ0n) is 15.0. The Balaban J connectivity index is 1.60. The van der Waals surface area contributed by atoms with Crippen LogP contribution in [0, 0.1) is 0 Å². The second-order valence-corrected chi connectivity index (χ2v) is 10.9. The van der Waals surface area contributed by atoms with Gasteiger partial charge in [-0.05, 0) is 65.2 Å². The van der Waals surface area contributed by atoms with Crippen LogP contribution in [-0.2, 0) is 20.0 Å². The van der Waals surface area contributed by atoms with E-state index in [1.165, 1.54) is 24.3 Å². The maximum absolute atomic E-state index is 12.8. The van der Waals surface area contributed by atoms with Crippen molar-refractivity contribution < 1.29 is 16.8 Å². The zero-order chi connectivity index (χ0) is 20.6. The van der Waals surface area contributed by atoms with Gasteiger partial charge in [-0.2, -0.15) is 5.10 Å². The molecule has 1 aliphatic carbocycles. The molecule has 1 heterocycles. The number of hydrogen-bond acceptors (Lipinski definition) is 5. The molecule has 0 aliphatic heterocycles. The summed E-state index contributed by atoms with van der Waals surface area (Å²) in [5.41, 5.74) is 0.893. The minimum Gasteiger partial charge on any atom is -0.277 e. The first kappa shape index (κ1) is 20.1. The number of halogens is 1. The molecule has 2 N–H and O–H groups in total. The molecule has 3 aromatic rings. The Morgan fingerprint density at radius 3 is 2.14 bits per heavy atom. The average Bonchev–Trinajstić information content (AvgIpc) is 3.38. The molecule has 0 unspecified atom stereocenters. The van der Waals surface area contributed by atoms with Crippen molar-refractivity contribution in [3.63, 3.8) is 0 Å². The lowest BCUT2D eigenvalue weighted by molar-refractivity contribution is 0.580. The molecular weight excluding hydrogens is 480 g/mol. The van der Waals surface area contributed by atoms with Crippen LogP contribution in [0.2, 0.25) is 0 Å². The first-order chi connectivity index (χ1) is 13.7. The number of aromatic nitrogens is 2. The number of sulfonamides is 2. The van der Waals surface area contributed by atoms with Crippen LogP contribution in [-0.4, -0.2) is 32.7 Å². The summed E-state index contributed by atoms with van der Waals surface area (Å²) in [5, 5.41) is 4.18. The fourth-order valence-corrected chi connectivity index (χ4v) is 5.35. The number of rotatable bonds is 7. The first-order valence-electron chi connectivity index (χ1n) is 8.69. The summed E-state index contributed by atoms with van der Waals surface area (Å²) >= 11 is 3.32. The van der Waals surface area contributed by atoms with Crippen molar-refractivity contribution in [1.29, 1.82) is 0 Å². The predicted octanol–water partition coefficient (Wildman–Crippen LogP) is 2.88. The second-order valence-electron chi connectivity index (χ2n) is 6.59. The summed E-state index contributed by atoms with van der Waals surface area (Å²) in [6, 6.07) is 11.9. The van der Waals surface area contributed by atoms with Gasteiger partial charge in [0.25, 0.3) is 10.0 Å². The van der Waals surface area contributed by atoms with Crippen LogP contribution in [0.5, 0.6) is 0 Å². The predicted molar refractivity (Wildman–Crippen MR) is 112 cm³/mol. The lowest BCUT2D eigenvalue weighted by atomic mass is 10.3. The van der Waals surface area contributed by atoms with E-state index in [2.05, 4.69) is 30.5 Å². The van der Waals surface area contributed by atoms with Crippen LogP contribution in [0.15, 0.2) is 75.2 Å². The van der Waals surface area contributed by atoms with Gasteiger partial charge in [0.2, 0.25) is 10.0 Å². The molecule has 2 aromatic carbocycles. The van der Waals surface area contributed by atoms with E-state index in [0.29, 0.717) is 11.4 Å². The largest absolute Gasteiger partial charge is 0.277 e. The Bertz CT molecular complexity index is 1250. The van der Waals surface area contributed by atoms with Crippen molar-refractivity contribution in [2.24, 2.45) is 0 Å². The van der Waals surface area contributed by atoms with E-state index in [9.17, 15) is 16.8 Å². The topological polar surface area (TPSA) is 110 Å². The van der Waals surface area contributed by atoms with Crippen LogP contribution >= 0.6 is 15.9 Å². The van der Waals surface area contributed by atoms with Gasteiger partial charge < -0.3 is 0 Å². The highest BCUT2D eigenvalue weighted by atomic mass is 79.9. The average molecular weight is 497 g/mol. The third-order valence-corrected chi connectivity index (χ3v) is 7.62. The van der Waals surface area contributed by atoms with Crippen molar-refractivity contribution in [3.8, 4) is 5.69 Å². The summed E-state index contributed by atoms with van der Waals surface area (Å²) in [6.45, 7) is 0. The Hall–Kier alpha value is -2.21. The Morgan fingerprint density at radius 1 is 0.931 bits per heavy atom. The van der Waals surface area contributed by atoms with Gasteiger partial charge in [0.15, 0.2) is 0 Å². The van der Waals surface area contributed by atoms with Crippen molar-refractivity contribution in [1.82, 2.24) is 14.5 Å². The van der Waals surface area contributed by atoms with Gasteiger partial charge in [0.05, 0.1) is 31.8 Å². The Labute approximate surface area is 177 Å². The van der Waals surface area contributed by atoms with Crippen LogP contribution in [0.25, 0.3) is 5.69 Å². The van der Waals surface area contributed by atoms with Gasteiger partial charge in [-0.1, -0.05) is 12.1 Å². The van der Waals surface area contributed by atoms with Gasteiger partial charge in [0.1, 0.15) is 0 Å². The van der Waals surface area contributed by atoms with E-state index in [1.54, 1.807) is 41.3 Å². The molecule has 152 valence electrons. The van der Waals surface area contributed by atoms with Crippen molar-refractivity contribution in [2.45, 2.75) is 28.7 Å². The SMILES string of the molecule is O=S(=O)(Nc1ccccc1-n1cc(Br)cn1)c1ccc(S(=O)(=O)NC2CC2)cc1. The number of nitrogens with one attached hydrogen (secondary N) is 2. The smallest absolute Gasteiger partial charge is 0.261 e. The van der Waals surface area contributed by atoms with Crippen LogP contribution in [0.3, 0.4) is 0 Å². The maximum atomic E-state index is 12.8. The van der Waals surface area contributed by atoms with Gasteiger partial charge in [0, 0.05) is 12.2 Å². The van der Waals surface area contributed by atoms with E-state index in [0.717, 1.165) is 17.3 Å². The molecule has 1 fully saturated rings. The fraction of sp³-hybridized carbons (Fsp3) is 0.167. The number of hydrogen-bond donors (Lipinski definition) is 2. The normalized spacial score (nSPS) is 14.7. The van der Waals surface area contributed by atoms with E-state index in [1.807, 2.05) is 0 Å². The monoisotopic (exact) mass is 496 g/mol. The molecule has 8 nitrogen and oxygen atoms in total. The van der Waals surface area contributed by atoms with Crippen molar-refractivity contribution in [3.05, 3.63) is 65.4 Å². The van der Waals surface area contributed by atoms with Crippen molar-refractivity contribution >= 4 is 41.7 Å². The second kappa shape index (κ2) is 7.56. The number of para-hydroxylation sites is 2. The molecule has 0 bridgehead atoms. The summed E-state index contributed by atoms with van der Waals surface area (Å²) in [6.07, 6.45) is 4.95. The molecule has 4 rings (SSSR count). The summed E-state index contributed by atoms with van der Waals surface area (Å²) in [7, 11) is -7.57. The standard InChI is InChI=1S/C18H17BrN4O4S2/c19-13-11-20-23(12-13)18-4-2-1-3-17(18)22-29(26,27)16-9-7-15(8-10-16)28(24,25)21-14-5-6-14/h1-4,7-12,14,21-22H,5-6H2. The van der Waals surface area contributed by atoms with E-state index >= 15 is 0 Å². The van der Waals surface area contributed by atoms with E-state index in [4.69, 9.17) is 0 Å². The van der Waals surface area contributed by atoms with Crippen LogP contribution < -0.4 is 9.44 Å². The number of benzene rings is 2. The lowest BCUT2D eigenvalue weighted by Gasteiger charge is -2.13. The van der Waals surface area contributed by atoms with Crippen LogP contribution in [0.4, 0.5) is 5.69 Å². The molecule has 0 atom stereocenters. The summed E-state index contributed by atoms with van der Waals surface area (Å²) < 4.78 is 57.6. The van der Waals surface area contributed by atoms with Gasteiger partial charge >= 0.3 is 0 Å². The molecule has 29 heavy (non-hydrogen) atoms. The number of nitrogens with zero attached hydrogens (tertiary/aromatic N) is 2. The highest BCUT2D eigenvalue weighted by Gasteiger charge is 2.28. The van der Waals surface area contributed by atoms with Gasteiger partial charge in [-0.25, -0.2) is 26.2 Å². The molecule has 0 amide bonds. The summed E-state index contributed by atoms with van der Waals surface area (Å²) in [5.74, 6) is 0. The molecule has 11 heteroatoms. The summed E-state index contributed by atoms with van der Waals surface area (Å²) in [4.78, 5) is -0.00976. The molecule has 0 saturated heterocycles. The molecule has 0 radical (unpaired) electrons. The number of anilines is 1. The highest BCUT2D eigenvalue weighted by molar-refractivity contribution is 9.10. The quantitative estimate of drug-likeness (QED) is 0.522. The minimum absolute atomic E-state index is 0.0242. The molecule has 1 saturated carbocycles. The fourth-order valence-electron chi connectivity index (χ4n) is 2.68. The van der Waals surface area contributed by atoms with E-state index in [-0.39, 0.29) is 15.8 Å². The minimum atomic E-state index is -3.93. The third kappa shape index (κ3) is 4.53. The maximum Gasteiger partial charge on any atom is 0.261 e. The van der Waals surface area contributed by atoms with E-state index < -0.39 is 20.0 Å². The molecule has 1 aliphatic rings. The zero-order valence-corrected chi connectivity index (χ0v) is 18.2. The van der Waals surface area contributed by atoms with Crippen molar-refractivity contribution in [2.75, 3.05) is 4.72 Å². The Kier molecular flexibility index (Phi) is 5.23. The van der Waals surface area contributed by atoms with Crippen LogP contribution in [0.1, 0.15) is 12.8 Å². The molecular formula is C18H17BrN4O4S2.